The quantitative estimate of drug-likeness (QED) is 0.874. The van der Waals surface area contributed by atoms with Crippen molar-refractivity contribution in [2.75, 3.05) is 13.1 Å². The summed E-state index contributed by atoms with van der Waals surface area (Å²) in [4.78, 5) is 15.0. The summed E-state index contributed by atoms with van der Waals surface area (Å²) in [5, 5.41) is 5.13. The fourth-order valence-electron chi connectivity index (χ4n) is 2.60. The van der Waals surface area contributed by atoms with Gasteiger partial charge in [-0.2, -0.15) is 0 Å². The van der Waals surface area contributed by atoms with Crippen LogP contribution >= 0.6 is 11.6 Å². The molecule has 4 heteroatoms. The molecule has 1 aromatic heterocycles. The van der Waals surface area contributed by atoms with Gasteiger partial charge >= 0.3 is 0 Å². The lowest BCUT2D eigenvalue weighted by molar-refractivity contribution is -0.123. The Hall–Kier alpha value is -1.32. The second-order valence-electron chi connectivity index (χ2n) is 4.80. The highest BCUT2D eigenvalue weighted by molar-refractivity contribution is 6.35. The smallest absolute Gasteiger partial charge is 0.138 e. The maximum Gasteiger partial charge on any atom is 0.138 e. The van der Waals surface area contributed by atoms with E-state index in [2.05, 4.69) is 10.3 Å². The topological polar surface area (TPSA) is 44.9 Å². The van der Waals surface area contributed by atoms with E-state index < -0.39 is 0 Å². The predicted octanol–water partition coefficient (Wildman–Crippen LogP) is 2.54. The molecule has 0 radical (unpaired) electrons. The average Bonchev–Trinajstić information content (AvgIpc) is 2.77. The Kier molecular flexibility index (Phi) is 3.10. The third kappa shape index (κ3) is 2.04. The monoisotopic (exact) mass is 262 g/mol. The van der Waals surface area contributed by atoms with Gasteiger partial charge in [0, 0.05) is 37.0 Å². The molecule has 0 saturated carbocycles. The molecule has 0 spiro atoms. The number of hydrogen-bond donors (Lipinski definition) is 2. The number of fused-ring (bicyclic) bond motifs is 1. The summed E-state index contributed by atoms with van der Waals surface area (Å²) in [5.74, 6) is 0.460. The summed E-state index contributed by atoms with van der Waals surface area (Å²) in [6, 6.07) is 5.87. The zero-order valence-electron chi connectivity index (χ0n) is 10.0. The van der Waals surface area contributed by atoms with E-state index in [0.717, 1.165) is 35.4 Å². The number of nitrogens with one attached hydrogen (secondary N) is 2. The van der Waals surface area contributed by atoms with Crippen molar-refractivity contribution in [3.05, 3.63) is 35.0 Å². The molecule has 2 aromatic rings. The van der Waals surface area contributed by atoms with Crippen LogP contribution in [-0.2, 0) is 11.2 Å². The predicted molar refractivity (Wildman–Crippen MR) is 73.0 cm³/mol. The molecule has 1 aliphatic rings. The molecule has 3 nitrogen and oxygen atoms in total. The van der Waals surface area contributed by atoms with Gasteiger partial charge in [-0.05, 0) is 18.1 Å². The first-order valence-electron chi connectivity index (χ1n) is 6.23. The summed E-state index contributed by atoms with van der Waals surface area (Å²) < 4.78 is 0. The molecule has 0 aliphatic carbocycles. The lowest BCUT2D eigenvalue weighted by Gasteiger charge is -2.21. The van der Waals surface area contributed by atoms with E-state index >= 15 is 0 Å². The number of aromatic amines is 1. The molecule has 1 aliphatic heterocycles. The fraction of sp³-hybridized carbons (Fsp3) is 0.357. The second-order valence-corrected chi connectivity index (χ2v) is 5.20. The number of carbonyl (C=O) groups is 1. The van der Waals surface area contributed by atoms with Gasteiger partial charge in [-0.1, -0.05) is 23.7 Å². The highest BCUT2D eigenvalue weighted by atomic mass is 35.5. The number of para-hydroxylation sites is 1. The molecule has 0 bridgehead atoms. The highest BCUT2D eigenvalue weighted by Gasteiger charge is 2.23. The third-order valence-electron chi connectivity index (χ3n) is 3.61. The number of H-pyrrole nitrogens is 1. The van der Waals surface area contributed by atoms with E-state index in [-0.39, 0.29) is 5.92 Å². The Morgan fingerprint density at radius 1 is 1.39 bits per heavy atom. The van der Waals surface area contributed by atoms with Gasteiger partial charge in [-0.15, -0.1) is 0 Å². The summed E-state index contributed by atoms with van der Waals surface area (Å²) in [6.07, 6.45) is 3.40. The number of ketones is 1. The van der Waals surface area contributed by atoms with Crippen molar-refractivity contribution in [3.63, 3.8) is 0 Å². The molecular formula is C14H15ClN2O. The standard InChI is InChI=1S/C14H15ClN2O/c15-12-3-1-2-11-9(8-17-14(11)12)6-10-7-16-5-4-13(10)18/h1-3,8,10,16-17H,4-7H2. The van der Waals surface area contributed by atoms with E-state index in [1.807, 2.05) is 24.4 Å². The van der Waals surface area contributed by atoms with Crippen molar-refractivity contribution < 1.29 is 4.79 Å². The van der Waals surface area contributed by atoms with Crippen LogP contribution in [0.1, 0.15) is 12.0 Å². The zero-order valence-corrected chi connectivity index (χ0v) is 10.8. The van der Waals surface area contributed by atoms with E-state index in [4.69, 9.17) is 11.6 Å². The molecule has 3 rings (SSSR count). The largest absolute Gasteiger partial charge is 0.360 e. The number of aromatic nitrogens is 1. The first kappa shape index (κ1) is 11.8. The number of benzene rings is 1. The van der Waals surface area contributed by atoms with Crippen molar-refractivity contribution in [1.82, 2.24) is 10.3 Å². The summed E-state index contributed by atoms with van der Waals surface area (Å²) in [5.41, 5.74) is 2.14. The first-order valence-corrected chi connectivity index (χ1v) is 6.61. The lowest BCUT2D eigenvalue weighted by Crippen LogP contribution is -2.37. The molecule has 1 atom stereocenters. The van der Waals surface area contributed by atoms with Crippen LogP contribution in [0.15, 0.2) is 24.4 Å². The summed E-state index contributed by atoms with van der Waals surface area (Å²) in [7, 11) is 0. The summed E-state index contributed by atoms with van der Waals surface area (Å²) in [6.45, 7) is 1.60. The Morgan fingerprint density at radius 3 is 3.11 bits per heavy atom. The van der Waals surface area contributed by atoms with Gasteiger partial charge < -0.3 is 10.3 Å². The maximum absolute atomic E-state index is 11.8. The Bertz CT molecular complexity index is 590. The second kappa shape index (κ2) is 4.75. The van der Waals surface area contributed by atoms with Gasteiger partial charge in [-0.3, -0.25) is 4.79 Å². The zero-order chi connectivity index (χ0) is 12.5. The van der Waals surface area contributed by atoms with Crippen LogP contribution in [0, 0.1) is 5.92 Å². The van der Waals surface area contributed by atoms with Crippen LogP contribution in [-0.4, -0.2) is 23.9 Å². The van der Waals surface area contributed by atoms with Crippen LogP contribution in [0.25, 0.3) is 10.9 Å². The fourth-order valence-corrected chi connectivity index (χ4v) is 2.83. The number of carbonyl (C=O) groups excluding carboxylic acids is 1. The van der Waals surface area contributed by atoms with E-state index in [1.165, 1.54) is 5.56 Å². The van der Waals surface area contributed by atoms with Crippen LogP contribution in [0.3, 0.4) is 0 Å². The molecular weight excluding hydrogens is 248 g/mol. The molecule has 2 heterocycles. The van der Waals surface area contributed by atoms with E-state index in [0.29, 0.717) is 12.2 Å². The van der Waals surface area contributed by atoms with Gasteiger partial charge in [0.1, 0.15) is 5.78 Å². The normalized spacial score (nSPS) is 20.5. The van der Waals surface area contributed by atoms with Crippen LogP contribution in [0.2, 0.25) is 5.02 Å². The third-order valence-corrected chi connectivity index (χ3v) is 3.93. The molecule has 18 heavy (non-hydrogen) atoms. The van der Waals surface area contributed by atoms with Gasteiger partial charge in [0.15, 0.2) is 0 Å². The van der Waals surface area contributed by atoms with Gasteiger partial charge in [0.05, 0.1) is 10.5 Å². The van der Waals surface area contributed by atoms with Crippen molar-refractivity contribution >= 4 is 28.3 Å². The molecule has 1 saturated heterocycles. The van der Waals surface area contributed by atoms with Crippen molar-refractivity contribution in [1.29, 1.82) is 0 Å². The SMILES string of the molecule is O=C1CCNCC1Cc1c[nH]c2c(Cl)cccc12. The van der Waals surface area contributed by atoms with Crippen molar-refractivity contribution in [3.8, 4) is 0 Å². The van der Waals surface area contributed by atoms with Crippen molar-refractivity contribution in [2.24, 2.45) is 5.92 Å². The molecule has 1 aromatic carbocycles. The van der Waals surface area contributed by atoms with Gasteiger partial charge in [0.2, 0.25) is 0 Å². The maximum atomic E-state index is 11.8. The van der Waals surface area contributed by atoms with Crippen LogP contribution < -0.4 is 5.32 Å². The minimum Gasteiger partial charge on any atom is -0.360 e. The molecule has 2 N–H and O–H groups in total. The minimum absolute atomic E-state index is 0.0942. The van der Waals surface area contributed by atoms with Gasteiger partial charge in [0.25, 0.3) is 0 Å². The molecule has 94 valence electrons. The number of halogens is 1. The Balaban J connectivity index is 1.91. The van der Waals surface area contributed by atoms with Gasteiger partial charge in [-0.25, -0.2) is 0 Å². The number of hydrogen-bond acceptors (Lipinski definition) is 2. The first-order chi connectivity index (χ1) is 8.75. The molecule has 1 unspecified atom stereocenters. The molecule has 1 fully saturated rings. The highest BCUT2D eigenvalue weighted by Crippen LogP contribution is 2.27. The Labute approximate surface area is 111 Å². The van der Waals surface area contributed by atoms with Crippen LogP contribution in [0.5, 0.6) is 0 Å². The minimum atomic E-state index is 0.0942. The summed E-state index contributed by atoms with van der Waals surface area (Å²) >= 11 is 6.13. The lowest BCUT2D eigenvalue weighted by atomic mass is 9.91. The number of rotatable bonds is 2. The van der Waals surface area contributed by atoms with E-state index in [1.54, 1.807) is 0 Å². The number of piperidine rings is 1. The number of Topliss-reactive ketones (excluding diaryl/α,β-unsaturated/α-hetero) is 1. The van der Waals surface area contributed by atoms with E-state index in [9.17, 15) is 4.79 Å². The van der Waals surface area contributed by atoms with Crippen molar-refractivity contribution in [2.45, 2.75) is 12.8 Å². The Morgan fingerprint density at radius 2 is 2.28 bits per heavy atom. The average molecular weight is 263 g/mol. The van der Waals surface area contributed by atoms with Crippen LogP contribution in [0.4, 0.5) is 0 Å². The molecule has 0 amide bonds.